The van der Waals surface area contributed by atoms with Crippen LogP contribution in [0.3, 0.4) is 0 Å². The normalized spacial score (nSPS) is 40.0. The van der Waals surface area contributed by atoms with E-state index < -0.39 is 39.0 Å². The number of nitriles is 1. The van der Waals surface area contributed by atoms with E-state index in [1.165, 1.54) is 0 Å². The molecule has 226 valence electrons. The molecule has 4 rings (SSSR count). The first kappa shape index (κ1) is 31.6. The Balaban J connectivity index is 1.74. The minimum absolute atomic E-state index is 0.0113. The molecule has 1 amide bonds. The number of alkyl halides is 2. The smallest absolute Gasteiger partial charge is 0.321 e. The van der Waals surface area contributed by atoms with Crippen LogP contribution < -0.4 is 5.32 Å². The third-order valence-corrected chi connectivity index (χ3v) is 12.2. The van der Waals surface area contributed by atoms with E-state index in [9.17, 15) is 28.4 Å². The summed E-state index contributed by atoms with van der Waals surface area (Å²) in [6, 6.07) is 2.12. The minimum atomic E-state index is -3.48. The van der Waals surface area contributed by atoms with Crippen LogP contribution in [-0.4, -0.2) is 28.9 Å². The lowest BCUT2D eigenvalue weighted by Gasteiger charge is -2.63. The summed E-state index contributed by atoms with van der Waals surface area (Å²) in [5.74, 6) is -4.91. The summed E-state index contributed by atoms with van der Waals surface area (Å²) in [4.78, 5) is 39.3. The summed E-state index contributed by atoms with van der Waals surface area (Å²) >= 11 is 0. The highest BCUT2D eigenvalue weighted by Gasteiger charge is 2.63. The summed E-state index contributed by atoms with van der Waals surface area (Å²) in [7, 11) is 0. The molecule has 4 aliphatic carbocycles. The van der Waals surface area contributed by atoms with Gasteiger partial charge in [-0.1, -0.05) is 67.0 Å². The number of allylic oxidation sites excluding steroid dienone is 4. The van der Waals surface area contributed by atoms with Crippen molar-refractivity contribution in [3.8, 4) is 6.07 Å². The Hall–Kier alpha value is -2.36. The maximum absolute atomic E-state index is 14.2. The Morgan fingerprint density at radius 3 is 2.27 bits per heavy atom. The van der Waals surface area contributed by atoms with E-state index in [2.05, 4.69) is 52.9 Å². The number of fused-ring (bicyclic) bond motifs is 3. The van der Waals surface area contributed by atoms with Crippen molar-refractivity contribution in [1.82, 2.24) is 5.32 Å². The van der Waals surface area contributed by atoms with Crippen LogP contribution in [0.2, 0.25) is 0 Å². The van der Waals surface area contributed by atoms with Crippen molar-refractivity contribution in [3.05, 3.63) is 23.3 Å². The van der Waals surface area contributed by atoms with Gasteiger partial charge in [0.1, 0.15) is 6.07 Å². The van der Waals surface area contributed by atoms with Gasteiger partial charge in [-0.3, -0.25) is 14.4 Å². The van der Waals surface area contributed by atoms with Crippen molar-refractivity contribution in [1.29, 1.82) is 5.26 Å². The zero-order valence-electron chi connectivity index (χ0n) is 26.4. The first-order valence-electron chi connectivity index (χ1n) is 15.2. The van der Waals surface area contributed by atoms with Crippen LogP contribution in [0.1, 0.15) is 114 Å². The second-order valence-corrected chi connectivity index (χ2v) is 16.0. The molecule has 0 radical (unpaired) electrons. The molecule has 0 bridgehead atoms. The van der Waals surface area contributed by atoms with Crippen LogP contribution in [0.5, 0.6) is 0 Å². The highest BCUT2D eigenvalue weighted by molar-refractivity contribution is 6.04. The summed E-state index contributed by atoms with van der Waals surface area (Å²) in [6.45, 7) is 17.3. The van der Waals surface area contributed by atoms with Gasteiger partial charge in [0.05, 0.1) is 5.57 Å². The van der Waals surface area contributed by atoms with Gasteiger partial charge in [-0.2, -0.15) is 14.0 Å². The Kier molecular flexibility index (Phi) is 7.37. The van der Waals surface area contributed by atoms with Crippen molar-refractivity contribution >= 4 is 17.5 Å². The fourth-order valence-electron chi connectivity index (χ4n) is 9.38. The predicted octanol–water partition coefficient (Wildman–Crippen LogP) is 7.51. The van der Waals surface area contributed by atoms with Gasteiger partial charge in [0.15, 0.2) is 11.6 Å². The van der Waals surface area contributed by atoms with Gasteiger partial charge in [-0.05, 0) is 79.1 Å². The maximum atomic E-state index is 14.2. The molecule has 4 aliphatic rings. The summed E-state index contributed by atoms with van der Waals surface area (Å²) in [6.07, 6.45) is 8.79. The molecule has 41 heavy (non-hydrogen) atoms. The topological polar surface area (TPSA) is 87.0 Å². The molecule has 2 saturated carbocycles. The zero-order valence-corrected chi connectivity index (χ0v) is 26.4. The number of Topliss-reactive ketones (excluding diaryl/α,β-unsaturated/α-hetero) is 1. The quantitative estimate of drug-likeness (QED) is 0.371. The zero-order chi connectivity index (χ0) is 31.0. The summed E-state index contributed by atoms with van der Waals surface area (Å²) in [5.41, 5.74) is -1.88. The van der Waals surface area contributed by atoms with Crippen LogP contribution >= 0.6 is 0 Å². The van der Waals surface area contributed by atoms with Gasteiger partial charge in [-0.15, -0.1) is 0 Å². The Bertz CT molecular complexity index is 1270. The number of rotatable bonds is 5. The third kappa shape index (κ3) is 4.91. The number of carbonyl (C=O) groups excluding carboxylic acids is 3. The van der Waals surface area contributed by atoms with Crippen molar-refractivity contribution in [2.75, 3.05) is 0 Å². The van der Waals surface area contributed by atoms with E-state index in [1.807, 2.05) is 19.9 Å². The monoisotopic (exact) mass is 570 g/mol. The van der Waals surface area contributed by atoms with Gasteiger partial charge >= 0.3 is 5.92 Å². The molecule has 6 atom stereocenters. The third-order valence-electron chi connectivity index (χ3n) is 12.2. The largest absolute Gasteiger partial charge is 0.345 e. The summed E-state index contributed by atoms with van der Waals surface area (Å²) in [5, 5.41) is 12.7. The molecule has 7 heteroatoms. The fraction of sp³-hybridized carbons (Fsp3) is 0.765. The standard InChI is InChI=1S/C34H48F2N2O3/c1-21-17-28(2,3)12-14-34(21,38-27(41)33(9,35)36)15-13-30(6)19-23(39)16-25-31(7)18-22(20-37)26(40)29(4,5)24(31)10-11-32(25,30)8/h16,18,21,24H,10-15,17,19H2,1-9H3,(H,38,41)/t21?,24-,30+,31-,32+,34-/m0/s1. The van der Waals surface area contributed by atoms with E-state index in [1.54, 1.807) is 6.08 Å². The molecule has 5 nitrogen and oxygen atoms in total. The van der Waals surface area contributed by atoms with Crippen molar-refractivity contribution < 1.29 is 23.2 Å². The van der Waals surface area contributed by atoms with Crippen LogP contribution in [0.25, 0.3) is 0 Å². The number of halogens is 2. The molecule has 0 heterocycles. The fourth-order valence-corrected chi connectivity index (χ4v) is 9.38. The van der Waals surface area contributed by atoms with Crippen LogP contribution in [0.15, 0.2) is 23.3 Å². The number of nitrogens with zero attached hydrogens (tertiary/aromatic N) is 1. The highest BCUT2D eigenvalue weighted by Crippen LogP contribution is 2.69. The molecule has 0 aromatic heterocycles. The molecule has 0 aromatic carbocycles. The second-order valence-electron chi connectivity index (χ2n) is 16.0. The molecule has 1 N–H and O–H groups in total. The highest BCUT2D eigenvalue weighted by atomic mass is 19.3. The molecular formula is C34H48F2N2O3. The van der Waals surface area contributed by atoms with E-state index in [4.69, 9.17) is 0 Å². The SMILES string of the molecule is CC1CC(C)(C)CC[C@@]1(CC[C@]1(C)CC(=O)C=C2[C@@]3(C)C=C(C#N)C(=O)C(C)(C)[C@@H]3CC[C@]21C)NC(=O)C(C)(F)F. The van der Waals surface area contributed by atoms with E-state index in [0.29, 0.717) is 32.6 Å². The molecule has 0 aromatic rings. The average molecular weight is 571 g/mol. The number of hydrogen-bond donors (Lipinski definition) is 1. The second kappa shape index (κ2) is 9.58. The molecule has 0 saturated heterocycles. The van der Waals surface area contributed by atoms with Gasteiger partial charge < -0.3 is 5.32 Å². The maximum Gasteiger partial charge on any atom is 0.321 e. The molecule has 1 unspecified atom stereocenters. The van der Waals surface area contributed by atoms with Crippen molar-refractivity contribution in [2.24, 2.45) is 38.9 Å². The average Bonchev–Trinajstić information content (AvgIpc) is 2.83. The Morgan fingerprint density at radius 1 is 1.07 bits per heavy atom. The van der Waals surface area contributed by atoms with Gasteiger partial charge in [0, 0.05) is 29.7 Å². The van der Waals surface area contributed by atoms with Crippen LogP contribution in [-0.2, 0) is 14.4 Å². The van der Waals surface area contributed by atoms with E-state index in [-0.39, 0.29) is 34.4 Å². The van der Waals surface area contributed by atoms with Crippen molar-refractivity contribution in [3.63, 3.8) is 0 Å². The Morgan fingerprint density at radius 2 is 1.71 bits per heavy atom. The number of amides is 1. The van der Waals surface area contributed by atoms with Gasteiger partial charge in [-0.25, -0.2) is 0 Å². The minimum Gasteiger partial charge on any atom is -0.345 e. The lowest BCUT2D eigenvalue weighted by atomic mass is 9.40. The van der Waals surface area contributed by atoms with Gasteiger partial charge in [0.25, 0.3) is 5.91 Å². The van der Waals surface area contributed by atoms with Gasteiger partial charge in [0.2, 0.25) is 0 Å². The summed E-state index contributed by atoms with van der Waals surface area (Å²) < 4.78 is 28.3. The number of carbonyl (C=O) groups is 3. The van der Waals surface area contributed by atoms with Crippen LogP contribution in [0, 0.1) is 50.2 Å². The molecular weight excluding hydrogens is 522 g/mol. The first-order chi connectivity index (χ1) is 18.6. The van der Waals surface area contributed by atoms with E-state index >= 15 is 0 Å². The molecule has 0 aliphatic heterocycles. The van der Waals surface area contributed by atoms with Crippen LogP contribution in [0.4, 0.5) is 8.78 Å². The predicted molar refractivity (Wildman–Crippen MR) is 155 cm³/mol. The van der Waals surface area contributed by atoms with Crippen molar-refractivity contribution in [2.45, 2.75) is 125 Å². The number of ketones is 2. The lowest BCUT2D eigenvalue weighted by Crippen LogP contribution is -2.61. The Labute approximate surface area is 244 Å². The van der Waals surface area contributed by atoms with E-state index in [0.717, 1.165) is 31.3 Å². The number of hydrogen-bond acceptors (Lipinski definition) is 4. The first-order valence-corrected chi connectivity index (χ1v) is 15.2. The lowest BCUT2D eigenvalue weighted by molar-refractivity contribution is -0.148. The number of nitrogens with one attached hydrogen (secondary N) is 1. The molecule has 2 fully saturated rings. The molecule has 0 spiro atoms.